The van der Waals surface area contributed by atoms with Crippen LogP contribution in [0, 0.1) is 6.92 Å². The van der Waals surface area contributed by atoms with Gasteiger partial charge in [-0.3, -0.25) is 0 Å². The van der Waals surface area contributed by atoms with Gasteiger partial charge in [0.2, 0.25) is 0 Å². The second-order valence-corrected chi connectivity index (χ2v) is 3.91. The summed E-state index contributed by atoms with van der Waals surface area (Å²) in [6, 6.07) is 6.03. The van der Waals surface area contributed by atoms with Gasteiger partial charge in [0.1, 0.15) is 5.82 Å². The molecule has 0 aliphatic carbocycles. The molecule has 80 valence electrons. The average Bonchev–Trinajstić information content (AvgIpc) is 2.23. The predicted molar refractivity (Wildman–Crippen MR) is 69.9 cm³/mol. The minimum atomic E-state index is 0.564. The highest BCUT2D eigenvalue weighted by molar-refractivity contribution is 9.10. The maximum absolute atomic E-state index is 5.59. The lowest BCUT2D eigenvalue weighted by Crippen LogP contribution is -1.89. The van der Waals surface area contributed by atoms with Crippen molar-refractivity contribution in [1.82, 2.24) is 4.98 Å². The van der Waals surface area contributed by atoms with Crippen molar-refractivity contribution >= 4 is 32.5 Å². The largest absolute Gasteiger partial charge is 0.384 e. The highest BCUT2D eigenvalue weighted by atomic mass is 79.9. The first-order valence-corrected chi connectivity index (χ1v) is 5.77. The summed E-state index contributed by atoms with van der Waals surface area (Å²) in [7, 11) is 0. The molecule has 0 aliphatic rings. The summed E-state index contributed by atoms with van der Waals surface area (Å²) in [5.74, 6) is 0.564. The summed E-state index contributed by atoms with van der Waals surface area (Å²) < 4.78 is 1.10. The molecule has 2 rings (SSSR count). The van der Waals surface area contributed by atoms with Crippen molar-refractivity contribution in [3.05, 3.63) is 34.4 Å². The molecule has 0 atom stereocenters. The Hall–Kier alpha value is -1.09. The molecule has 0 bridgehead atoms. The summed E-state index contributed by atoms with van der Waals surface area (Å²) >= 11 is 3.48. The van der Waals surface area contributed by atoms with E-state index in [1.165, 1.54) is 5.56 Å². The van der Waals surface area contributed by atoms with Gasteiger partial charge in [0.05, 0.1) is 0 Å². The number of rotatable bonds is 0. The van der Waals surface area contributed by atoms with Crippen LogP contribution < -0.4 is 5.73 Å². The Morgan fingerprint density at radius 2 is 1.80 bits per heavy atom. The molecule has 0 saturated heterocycles. The van der Waals surface area contributed by atoms with Crippen LogP contribution in [0.25, 0.3) is 10.8 Å². The van der Waals surface area contributed by atoms with Crippen molar-refractivity contribution < 1.29 is 0 Å². The third-order valence-corrected chi connectivity index (χ3v) is 2.87. The molecule has 0 spiro atoms. The standard InChI is InChI=1S/C10H9BrN2.C2H6/c1-6-2-7-4-10(12)13-5-8(7)3-9(6)11;1-2/h2-5H,1H3,(H2,12,13);1-2H3. The lowest BCUT2D eigenvalue weighted by Gasteiger charge is -2.02. The molecule has 1 aromatic carbocycles. The van der Waals surface area contributed by atoms with E-state index in [4.69, 9.17) is 5.73 Å². The minimum absolute atomic E-state index is 0.564. The SMILES string of the molecule is CC.Cc1cc2cc(N)ncc2cc1Br. The van der Waals surface area contributed by atoms with Crippen molar-refractivity contribution in [2.75, 3.05) is 5.73 Å². The molecule has 0 saturated carbocycles. The monoisotopic (exact) mass is 266 g/mol. The molecular weight excluding hydrogens is 252 g/mol. The fourth-order valence-electron chi connectivity index (χ4n) is 1.30. The van der Waals surface area contributed by atoms with Crippen LogP contribution >= 0.6 is 15.9 Å². The van der Waals surface area contributed by atoms with Gasteiger partial charge < -0.3 is 5.73 Å². The second-order valence-electron chi connectivity index (χ2n) is 3.06. The van der Waals surface area contributed by atoms with E-state index in [0.29, 0.717) is 5.82 Å². The summed E-state index contributed by atoms with van der Waals surface area (Å²) in [5.41, 5.74) is 6.80. The zero-order valence-corrected chi connectivity index (χ0v) is 10.8. The topological polar surface area (TPSA) is 38.9 Å². The Morgan fingerprint density at radius 3 is 2.47 bits per heavy atom. The van der Waals surface area contributed by atoms with E-state index in [0.717, 1.165) is 15.2 Å². The maximum atomic E-state index is 5.59. The quantitative estimate of drug-likeness (QED) is 0.785. The van der Waals surface area contributed by atoms with E-state index >= 15 is 0 Å². The zero-order valence-electron chi connectivity index (χ0n) is 9.21. The Bertz CT molecular complexity index is 466. The number of aryl methyl sites for hydroxylation is 1. The molecule has 0 fully saturated rings. The van der Waals surface area contributed by atoms with Crippen molar-refractivity contribution in [1.29, 1.82) is 0 Å². The first-order valence-electron chi connectivity index (χ1n) is 4.98. The van der Waals surface area contributed by atoms with Crippen LogP contribution in [-0.2, 0) is 0 Å². The van der Waals surface area contributed by atoms with Crippen molar-refractivity contribution in [2.45, 2.75) is 20.8 Å². The normalized spacial score (nSPS) is 9.60. The summed E-state index contributed by atoms with van der Waals surface area (Å²) in [4.78, 5) is 4.04. The highest BCUT2D eigenvalue weighted by Crippen LogP contribution is 2.24. The first-order chi connectivity index (χ1) is 7.16. The van der Waals surface area contributed by atoms with Gasteiger partial charge in [-0.25, -0.2) is 4.98 Å². The van der Waals surface area contributed by atoms with Gasteiger partial charge in [-0.1, -0.05) is 35.8 Å². The fraction of sp³-hybridized carbons (Fsp3) is 0.250. The minimum Gasteiger partial charge on any atom is -0.384 e. The zero-order chi connectivity index (χ0) is 11.4. The fourth-order valence-corrected chi connectivity index (χ4v) is 1.66. The van der Waals surface area contributed by atoms with E-state index in [1.807, 2.05) is 19.9 Å². The van der Waals surface area contributed by atoms with Crippen molar-refractivity contribution in [3.63, 3.8) is 0 Å². The Kier molecular flexibility index (Phi) is 4.09. The smallest absolute Gasteiger partial charge is 0.123 e. The van der Waals surface area contributed by atoms with Gasteiger partial charge in [0, 0.05) is 16.1 Å². The number of halogens is 1. The molecule has 0 unspecified atom stereocenters. The van der Waals surface area contributed by atoms with E-state index in [-0.39, 0.29) is 0 Å². The summed E-state index contributed by atoms with van der Waals surface area (Å²) in [5, 5.41) is 2.24. The number of nitrogens with zero attached hydrogens (tertiary/aromatic N) is 1. The first kappa shape index (κ1) is 12.0. The van der Waals surface area contributed by atoms with Gasteiger partial charge in [-0.05, 0) is 30.0 Å². The Morgan fingerprint density at radius 1 is 1.13 bits per heavy atom. The molecular formula is C12H15BrN2. The van der Waals surface area contributed by atoms with Gasteiger partial charge in [0.15, 0.2) is 0 Å². The molecule has 0 aliphatic heterocycles. The molecule has 15 heavy (non-hydrogen) atoms. The number of nitrogens with two attached hydrogens (primary N) is 1. The lowest BCUT2D eigenvalue weighted by molar-refractivity contribution is 1.36. The van der Waals surface area contributed by atoms with Crippen LogP contribution in [0.1, 0.15) is 19.4 Å². The number of pyridine rings is 1. The number of hydrogen-bond donors (Lipinski definition) is 1. The number of aromatic nitrogens is 1. The van der Waals surface area contributed by atoms with Gasteiger partial charge in [-0.2, -0.15) is 0 Å². The number of anilines is 1. The molecule has 1 heterocycles. The number of fused-ring (bicyclic) bond motifs is 1. The van der Waals surface area contributed by atoms with E-state index < -0.39 is 0 Å². The van der Waals surface area contributed by atoms with Crippen LogP contribution in [0.4, 0.5) is 5.82 Å². The maximum Gasteiger partial charge on any atom is 0.123 e. The van der Waals surface area contributed by atoms with Crippen LogP contribution in [-0.4, -0.2) is 4.98 Å². The highest BCUT2D eigenvalue weighted by Gasteiger charge is 1.99. The molecule has 1 aromatic heterocycles. The molecule has 2 nitrogen and oxygen atoms in total. The van der Waals surface area contributed by atoms with Crippen LogP contribution in [0.15, 0.2) is 28.9 Å². The third kappa shape index (κ3) is 2.69. The average molecular weight is 267 g/mol. The molecule has 0 amide bonds. The number of benzene rings is 1. The van der Waals surface area contributed by atoms with Crippen LogP contribution in [0.5, 0.6) is 0 Å². The van der Waals surface area contributed by atoms with Gasteiger partial charge in [0.25, 0.3) is 0 Å². The third-order valence-electron chi connectivity index (χ3n) is 2.02. The van der Waals surface area contributed by atoms with E-state index in [9.17, 15) is 0 Å². The molecule has 2 N–H and O–H groups in total. The van der Waals surface area contributed by atoms with E-state index in [1.54, 1.807) is 6.20 Å². The number of hydrogen-bond acceptors (Lipinski definition) is 2. The van der Waals surface area contributed by atoms with Gasteiger partial charge in [-0.15, -0.1) is 0 Å². The summed E-state index contributed by atoms with van der Waals surface area (Å²) in [6.07, 6.45) is 1.79. The Balaban J connectivity index is 0.000000531. The lowest BCUT2D eigenvalue weighted by atomic mass is 10.1. The molecule has 2 aromatic rings. The molecule has 0 radical (unpaired) electrons. The van der Waals surface area contributed by atoms with E-state index in [2.05, 4.69) is 40.0 Å². The Labute approximate surface area is 98.6 Å². The number of nitrogen functional groups attached to an aromatic ring is 1. The second kappa shape index (κ2) is 5.12. The van der Waals surface area contributed by atoms with Crippen molar-refractivity contribution in [2.24, 2.45) is 0 Å². The predicted octanol–water partition coefficient (Wildman–Crippen LogP) is 3.91. The summed E-state index contributed by atoms with van der Waals surface area (Å²) in [6.45, 7) is 6.06. The van der Waals surface area contributed by atoms with Gasteiger partial charge >= 0.3 is 0 Å². The molecule has 3 heteroatoms. The van der Waals surface area contributed by atoms with Crippen LogP contribution in [0.2, 0.25) is 0 Å². The van der Waals surface area contributed by atoms with Crippen LogP contribution in [0.3, 0.4) is 0 Å². The van der Waals surface area contributed by atoms with Crippen molar-refractivity contribution in [3.8, 4) is 0 Å².